The zero-order chi connectivity index (χ0) is 15.6. The van der Waals surface area contributed by atoms with Gasteiger partial charge in [0.05, 0.1) is 22.3 Å². The van der Waals surface area contributed by atoms with Gasteiger partial charge in [-0.15, -0.1) is 0 Å². The molecule has 1 aromatic carbocycles. The third kappa shape index (κ3) is 3.04. The van der Waals surface area contributed by atoms with E-state index in [4.69, 9.17) is 5.73 Å². The third-order valence-electron chi connectivity index (χ3n) is 3.03. The van der Waals surface area contributed by atoms with Crippen LogP contribution in [0.5, 0.6) is 0 Å². The number of fused-ring (bicyclic) bond motifs is 1. The van der Waals surface area contributed by atoms with E-state index in [-0.39, 0.29) is 5.41 Å². The summed E-state index contributed by atoms with van der Waals surface area (Å²) in [6, 6.07) is 7.56. The summed E-state index contributed by atoms with van der Waals surface area (Å²) in [5.41, 5.74) is 8.49. The number of nitrogens with zero attached hydrogens (tertiary/aromatic N) is 3. The summed E-state index contributed by atoms with van der Waals surface area (Å²) >= 11 is 0. The Morgan fingerprint density at radius 2 is 1.86 bits per heavy atom. The van der Waals surface area contributed by atoms with Gasteiger partial charge in [0.1, 0.15) is 12.1 Å². The fourth-order valence-electron chi connectivity index (χ4n) is 2.04. The largest absolute Gasteiger partial charge is 0.399 e. The number of anilines is 2. The van der Waals surface area contributed by atoms with E-state index in [0.29, 0.717) is 39.9 Å². The molecule has 5 nitrogen and oxygen atoms in total. The number of nitriles is 2. The van der Waals surface area contributed by atoms with Crippen molar-refractivity contribution in [2.45, 2.75) is 20.8 Å². The number of nitrogens with one attached hydrogen (secondary N) is 1. The molecule has 0 unspecified atom stereocenters. The van der Waals surface area contributed by atoms with Gasteiger partial charge in [-0.3, -0.25) is 4.98 Å². The van der Waals surface area contributed by atoms with E-state index in [0.717, 1.165) is 0 Å². The van der Waals surface area contributed by atoms with E-state index in [1.54, 1.807) is 12.1 Å². The first-order valence-electron chi connectivity index (χ1n) is 6.62. The molecule has 0 amide bonds. The van der Waals surface area contributed by atoms with E-state index < -0.39 is 0 Å². The first-order chi connectivity index (χ1) is 9.85. The van der Waals surface area contributed by atoms with E-state index in [1.807, 2.05) is 0 Å². The lowest BCUT2D eigenvalue weighted by Crippen LogP contribution is -2.19. The van der Waals surface area contributed by atoms with Crippen molar-refractivity contribution in [3.63, 3.8) is 0 Å². The highest BCUT2D eigenvalue weighted by atomic mass is 14.9. The maximum absolute atomic E-state index is 9.28. The van der Waals surface area contributed by atoms with Gasteiger partial charge in [-0.1, -0.05) is 20.8 Å². The molecule has 0 saturated heterocycles. The smallest absolute Gasteiger partial charge is 0.103 e. The summed E-state index contributed by atoms with van der Waals surface area (Å²) < 4.78 is 0. The van der Waals surface area contributed by atoms with Crippen molar-refractivity contribution in [1.82, 2.24) is 4.98 Å². The average Bonchev–Trinajstić information content (AvgIpc) is 2.42. The molecule has 0 saturated carbocycles. The molecule has 3 N–H and O–H groups in total. The number of pyridine rings is 1. The lowest BCUT2D eigenvalue weighted by atomic mass is 9.96. The molecule has 0 fully saturated rings. The van der Waals surface area contributed by atoms with Crippen molar-refractivity contribution < 1.29 is 0 Å². The number of benzene rings is 1. The third-order valence-corrected chi connectivity index (χ3v) is 3.03. The molecule has 5 heteroatoms. The van der Waals surface area contributed by atoms with Gasteiger partial charge < -0.3 is 11.1 Å². The van der Waals surface area contributed by atoms with E-state index in [1.165, 1.54) is 6.20 Å². The molecule has 1 aromatic heterocycles. The lowest BCUT2D eigenvalue weighted by Gasteiger charge is -2.21. The Balaban J connectivity index is 2.68. The molecule has 0 spiro atoms. The Kier molecular flexibility index (Phi) is 3.69. The van der Waals surface area contributed by atoms with Gasteiger partial charge in [-0.05, 0) is 17.5 Å². The van der Waals surface area contributed by atoms with E-state index in [2.05, 4.69) is 43.2 Å². The number of hydrogen-bond donors (Lipinski definition) is 2. The second-order valence-electron chi connectivity index (χ2n) is 6.15. The predicted molar refractivity (Wildman–Crippen MR) is 83.5 cm³/mol. The topological polar surface area (TPSA) is 98.5 Å². The highest BCUT2D eigenvalue weighted by Gasteiger charge is 2.15. The van der Waals surface area contributed by atoms with Crippen LogP contribution in [-0.2, 0) is 0 Å². The summed E-state index contributed by atoms with van der Waals surface area (Å²) in [5.74, 6) is 0. The molecule has 106 valence electrons. The van der Waals surface area contributed by atoms with Crippen molar-refractivity contribution in [1.29, 1.82) is 10.5 Å². The molecule has 0 aliphatic carbocycles. The van der Waals surface area contributed by atoms with Gasteiger partial charge in [-0.2, -0.15) is 10.5 Å². The summed E-state index contributed by atoms with van der Waals surface area (Å²) in [4.78, 5) is 4.23. The van der Waals surface area contributed by atoms with Crippen LogP contribution in [0.2, 0.25) is 0 Å². The molecule has 0 aliphatic heterocycles. The standard InChI is InChI=1S/C16H17N5/c1-16(2,3)9-21-15-11(7-18)8-20-14-10(6-17)4-12(19)5-13(14)15/h4-5,8H,9,19H2,1-3H3,(H,20,21). The van der Waals surface area contributed by atoms with Gasteiger partial charge in [-0.25, -0.2) is 0 Å². The summed E-state index contributed by atoms with van der Waals surface area (Å²) in [5, 5.41) is 22.5. The van der Waals surface area contributed by atoms with Gasteiger partial charge >= 0.3 is 0 Å². The summed E-state index contributed by atoms with van der Waals surface area (Å²) in [7, 11) is 0. The fourth-order valence-corrected chi connectivity index (χ4v) is 2.04. The minimum atomic E-state index is 0.0563. The Morgan fingerprint density at radius 3 is 2.43 bits per heavy atom. The quantitative estimate of drug-likeness (QED) is 0.823. The number of rotatable bonds is 2. The highest BCUT2D eigenvalue weighted by Crippen LogP contribution is 2.30. The van der Waals surface area contributed by atoms with E-state index >= 15 is 0 Å². The van der Waals surface area contributed by atoms with Crippen LogP contribution in [-0.4, -0.2) is 11.5 Å². The number of nitrogen functional groups attached to an aromatic ring is 1. The maximum atomic E-state index is 9.28. The van der Waals surface area contributed by atoms with Crippen LogP contribution in [0.1, 0.15) is 31.9 Å². The lowest BCUT2D eigenvalue weighted by molar-refractivity contribution is 0.443. The van der Waals surface area contributed by atoms with Crippen LogP contribution in [0.3, 0.4) is 0 Å². The molecule has 2 rings (SSSR count). The second kappa shape index (κ2) is 5.30. The highest BCUT2D eigenvalue weighted by molar-refractivity contribution is 5.98. The van der Waals surface area contributed by atoms with Crippen LogP contribution in [0.4, 0.5) is 11.4 Å². The molecule has 1 heterocycles. The molecular weight excluding hydrogens is 262 g/mol. The number of hydrogen-bond acceptors (Lipinski definition) is 5. The first kappa shape index (κ1) is 14.6. The van der Waals surface area contributed by atoms with Crippen LogP contribution in [0.15, 0.2) is 18.3 Å². The molecular formula is C16H17N5. The fraction of sp³-hybridized carbons (Fsp3) is 0.312. The number of nitrogens with two attached hydrogens (primary N) is 1. The Labute approximate surface area is 124 Å². The Bertz CT molecular complexity index is 772. The number of aromatic nitrogens is 1. The molecule has 0 aliphatic rings. The van der Waals surface area contributed by atoms with Crippen LogP contribution >= 0.6 is 0 Å². The Morgan fingerprint density at radius 1 is 1.19 bits per heavy atom. The SMILES string of the molecule is CC(C)(C)CNc1c(C#N)cnc2c(C#N)cc(N)cc12. The summed E-state index contributed by atoms with van der Waals surface area (Å²) in [6.07, 6.45) is 1.49. The zero-order valence-electron chi connectivity index (χ0n) is 12.4. The van der Waals surface area contributed by atoms with Crippen molar-refractivity contribution in [2.24, 2.45) is 5.41 Å². The molecule has 2 aromatic rings. The van der Waals surface area contributed by atoms with Crippen molar-refractivity contribution in [2.75, 3.05) is 17.6 Å². The van der Waals surface area contributed by atoms with Crippen molar-refractivity contribution in [3.8, 4) is 12.1 Å². The van der Waals surface area contributed by atoms with Crippen LogP contribution in [0, 0.1) is 28.1 Å². The maximum Gasteiger partial charge on any atom is 0.103 e. The van der Waals surface area contributed by atoms with Gasteiger partial charge in [0.15, 0.2) is 0 Å². The normalized spacial score (nSPS) is 10.9. The monoisotopic (exact) mass is 279 g/mol. The molecule has 0 bridgehead atoms. The van der Waals surface area contributed by atoms with Crippen LogP contribution < -0.4 is 11.1 Å². The predicted octanol–water partition coefficient (Wildman–Crippen LogP) is 3.02. The van der Waals surface area contributed by atoms with Gasteiger partial charge in [0, 0.05) is 23.8 Å². The average molecular weight is 279 g/mol. The van der Waals surface area contributed by atoms with Crippen molar-refractivity contribution in [3.05, 3.63) is 29.5 Å². The second-order valence-corrected chi connectivity index (χ2v) is 6.15. The molecule has 21 heavy (non-hydrogen) atoms. The van der Waals surface area contributed by atoms with Crippen molar-refractivity contribution >= 4 is 22.3 Å². The molecule has 0 atom stereocenters. The minimum absolute atomic E-state index is 0.0563. The Hall–Kier alpha value is -2.79. The minimum Gasteiger partial charge on any atom is -0.399 e. The first-order valence-corrected chi connectivity index (χ1v) is 6.62. The van der Waals surface area contributed by atoms with E-state index in [9.17, 15) is 10.5 Å². The molecule has 0 radical (unpaired) electrons. The summed E-state index contributed by atoms with van der Waals surface area (Å²) in [6.45, 7) is 7.00. The van der Waals surface area contributed by atoms with Crippen LogP contribution in [0.25, 0.3) is 10.9 Å². The van der Waals surface area contributed by atoms with Gasteiger partial charge in [0.2, 0.25) is 0 Å². The van der Waals surface area contributed by atoms with Gasteiger partial charge in [0.25, 0.3) is 0 Å². The zero-order valence-corrected chi connectivity index (χ0v) is 12.4.